The van der Waals surface area contributed by atoms with Gasteiger partial charge < -0.3 is 14.7 Å². The molecule has 1 N–H and O–H groups in total. The molecule has 0 saturated carbocycles. The molecule has 4 heteroatoms. The summed E-state index contributed by atoms with van der Waals surface area (Å²) in [4.78, 5) is 12.9. The third-order valence-electron chi connectivity index (χ3n) is 3.45. The molecular formula is C16H19NO3. The molecule has 0 aromatic heterocycles. The number of methoxy groups -OCH3 is 1. The Morgan fingerprint density at radius 3 is 2.45 bits per heavy atom. The van der Waals surface area contributed by atoms with E-state index in [0.717, 1.165) is 22.1 Å². The van der Waals surface area contributed by atoms with E-state index in [1.165, 1.54) is 0 Å². The number of nitrogens with zero attached hydrogens (tertiary/aromatic N) is 1. The van der Waals surface area contributed by atoms with E-state index >= 15 is 0 Å². The molecule has 106 valence electrons. The summed E-state index contributed by atoms with van der Waals surface area (Å²) in [5, 5.41) is 11.2. The largest absolute Gasteiger partial charge is 0.497 e. The van der Waals surface area contributed by atoms with E-state index in [9.17, 15) is 4.79 Å². The van der Waals surface area contributed by atoms with Gasteiger partial charge in [0.15, 0.2) is 0 Å². The van der Waals surface area contributed by atoms with Crippen LogP contribution >= 0.6 is 0 Å². The van der Waals surface area contributed by atoms with Gasteiger partial charge in [0.2, 0.25) is 0 Å². The molecule has 0 aliphatic carbocycles. The number of carbonyl (C=O) groups is 1. The number of fused-ring (bicyclic) bond motifs is 1. The monoisotopic (exact) mass is 273 g/mol. The van der Waals surface area contributed by atoms with Crippen molar-refractivity contribution < 1.29 is 14.6 Å². The lowest BCUT2D eigenvalue weighted by Crippen LogP contribution is -2.22. The summed E-state index contributed by atoms with van der Waals surface area (Å²) >= 11 is 0. The summed E-state index contributed by atoms with van der Waals surface area (Å²) < 4.78 is 5.20. The Bertz CT molecular complexity index is 622. The molecule has 4 nitrogen and oxygen atoms in total. The van der Waals surface area contributed by atoms with E-state index in [2.05, 4.69) is 0 Å². The highest BCUT2D eigenvalue weighted by molar-refractivity contribution is 5.84. The van der Waals surface area contributed by atoms with E-state index in [0.29, 0.717) is 0 Å². The third-order valence-corrected chi connectivity index (χ3v) is 3.45. The first-order chi connectivity index (χ1) is 9.51. The fourth-order valence-corrected chi connectivity index (χ4v) is 2.34. The average Bonchev–Trinajstić information content (AvgIpc) is 2.43. The van der Waals surface area contributed by atoms with Crippen LogP contribution in [0.5, 0.6) is 5.75 Å². The normalized spacial score (nSPS) is 12.6. The Kier molecular flexibility index (Phi) is 4.25. The number of benzene rings is 2. The molecule has 2 rings (SSSR count). The molecule has 0 radical (unpaired) electrons. The molecule has 0 spiro atoms. The standard InChI is InChI=1S/C16H19NO3/c1-17(2)15(10-16(18)19)13-5-4-12-9-14(20-3)7-6-11(12)8-13/h4-9,15H,10H2,1-3H3,(H,18,19). The number of hydrogen-bond donors (Lipinski definition) is 1. The van der Waals surface area contributed by atoms with Crippen molar-refractivity contribution in [2.75, 3.05) is 21.2 Å². The van der Waals surface area contributed by atoms with Crippen molar-refractivity contribution in [3.8, 4) is 5.75 Å². The molecule has 0 amide bonds. The highest BCUT2D eigenvalue weighted by atomic mass is 16.5. The van der Waals surface area contributed by atoms with Crippen molar-refractivity contribution in [2.24, 2.45) is 0 Å². The highest BCUT2D eigenvalue weighted by Crippen LogP contribution is 2.27. The second kappa shape index (κ2) is 5.92. The van der Waals surface area contributed by atoms with Gasteiger partial charge in [-0.25, -0.2) is 0 Å². The zero-order chi connectivity index (χ0) is 14.7. The molecule has 1 unspecified atom stereocenters. The van der Waals surface area contributed by atoms with Gasteiger partial charge in [-0.05, 0) is 48.6 Å². The maximum absolute atomic E-state index is 11.0. The average molecular weight is 273 g/mol. The Hall–Kier alpha value is -2.07. The first-order valence-corrected chi connectivity index (χ1v) is 6.47. The topological polar surface area (TPSA) is 49.8 Å². The number of ether oxygens (including phenoxy) is 1. The van der Waals surface area contributed by atoms with Crippen molar-refractivity contribution >= 4 is 16.7 Å². The van der Waals surface area contributed by atoms with E-state index in [-0.39, 0.29) is 12.5 Å². The fourth-order valence-electron chi connectivity index (χ4n) is 2.34. The van der Waals surface area contributed by atoms with Gasteiger partial charge in [0.1, 0.15) is 5.75 Å². The van der Waals surface area contributed by atoms with Crippen LogP contribution in [0.3, 0.4) is 0 Å². The van der Waals surface area contributed by atoms with E-state index < -0.39 is 5.97 Å². The maximum Gasteiger partial charge on any atom is 0.305 e. The van der Waals surface area contributed by atoms with Gasteiger partial charge >= 0.3 is 5.97 Å². The molecule has 2 aromatic carbocycles. The van der Waals surface area contributed by atoms with Crippen LogP contribution in [0.15, 0.2) is 36.4 Å². The fraction of sp³-hybridized carbons (Fsp3) is 0.312. The minimum absolute atomic E-state index is 0.0919. The molecule has 1 atom stereocenters. The Morgan fingerprint density at radius 1 is 1.20 bits per heavy atom. The zero-order valence-corrected chi connectivity index (χ0v) is 12.0. The van der Waals surface area contributed by atoms with Crippen LogP contribution in [-0.4, -0.2) is 37.2 Å². The van der Waals surface area contributed by atoms with Gasteiger partial charge in [-0.15, -0.1) is 0 Å². The lowest BCUT2D eigenvalue weighted by molar-refractivity contribution is -0.138. The van der Waals surface area contributed by atoms with E-state index in [1.54, 1.807) is 7.11 Å². The number of hydrogen-bond acceptors (Lipinski definition) is 3. The summed E-state index contributed by atoms with van der Waals surface area (Å²) in [6.45, 7) is 0. The van der Waals surface area contributed by atoms with Crippen LogP contribution < -0.4 is 4.74 Å². The Balaban J connectivity index is 2.41. The lowest BCUT2D eigenvalue weighted by atomic mass is 9.99. The molecule has 20 heavy (non-hydrogen) atoms. The van der Waals surface area contributed by atoms with Gasteiger partial charge in [0.05, 0.1) is 13.5 Å². The third kappa shape index (κ3) is 3.08. The molecule has 0 bridgehead atoms. The molecule has 0 heterocycles. The number of carboxylic acid groups (broad SMARTS) is 1. The Morgan fingerprint density at radius 2 is 1.85 bits per heavy atom. The quantitative estimate of drug-likeness (QED) is 0.910. The van der Waals surface area contributed by atoms with Gasteiger partial charge in [-0.1, -0.05) is 18.2 Å². The van der Waals surface area contributed by atoms with Crippen molar-refractivity contribution in [3.63, 3.8) is 0 Å². The van der Waals surface area contributed by atoms with Gasteiger partial charge in [0.25, 0.3) is 0 Å². The van der Waals surface area contributed by atoms with E-state index in [1.807, 2.05) is 55.4 Å². The molecule has 0 saturated heterocycles. The van der Waals surface area contributed by atoms with Crippen molar-refractivity contribution in [1.82, 2.24) is 4.90 Å². The highest BCUT2D eigenvalue weighted by Gasteiger charge is 2.18. The molecule has 0 aliphatic rings. The van der Waals surface area contributed by atoms with Crippen LogP contribution in [0.4, 0.5) is 0 Å². The van der Waals surface area contributed by atoms with Gasteiger partial charge in [-0.2, -0.15) is 0 Å². The summed E-state index contributed by atoms with van der Waals surface area (Å²) in [6, 6.07) is 11.8. The van der Waals surface area contributed by atoms with Crippen molar-refractivity contribution in [2.45, 2.75) is 12.5 Å². The van der Waals surface area contributed by atoms with Crippen LogP contribution in [0.2, 0.25) is 0 Å². The smallest absolute Gasteiger partial charge is 0.305 e. The van der Waals surface area contributed by atoms with Gasteiger partial charge in [0, 0.05) is 6.04 Å². The van der Waals surface area contributed by atoms with E-state index in [4.69, 9.17) is 9.84 Å². The number of carboxylic acids is 1. The van der Waals surface area contributed by atoms with Crippen LogP contribution in [-0.2, 0) is 4.79 Å². The summed E-state index contributed by atoms with van der Waals surface area (Å²) in [5.41, 5.74) is 1.01. The molecular weight excluding hydrogens is 254 g/mol. The SMILES string of the molecule is COc1ccc2cc(C(CC(=O)O)N(C)C)ccc2c1. The first kappa shape index (κ1) is 14.3. The number of aliphatic carboxylic acids is 1. The second-order valence-electron chi connectivity index (χ2n) is 5.05. The minimum atomic E-state index is -0.793. The predicted octanol–water partition coefficient (Wildman–Crippen LogP) is 2.93. The number of rotatable bonds is 5. The second-order valence-corrected chi connectivity index (χ2v) is 5.05. The summed E-state index contributed by atoms with van der Waals surface area (Å²) in [6.07, 6.45) is 0.0919. The predicted molar refractivity (Wildman–Crippen MR) is 79.2 cm³/mol. The molecule has 0 aliphatic heterocycles. The molecule has 0 fully saturated rings. The lowest BCUT2D eigenvalue weighted by Gasteiger charge is -2.23. The van der Waals surface area contributed by atoms with Crippen molar-refractivity contribution in [3.05, 3.63) is 42.0 Å². The Labute approximate surface area is 118 Å². The summed E-state index contributed by atoms with van der Waals surface area (Å²) in [7, 11) is 5.43. The minimum Gasteiger partial charge on any atom is -0.497 e. The zero-order valence-electron chi connectivity index (χ0n) is 12.0. The van der Waals surface area contributed by atoms with Crippen LogP contribution in [0.1, 0.15) is 18.0 Å². The maximum atomic E-state index is 11.0. The van der Waals surface area contributed by atoms with Crippen molar-refractivity contribution in [1.29, 1.82) is 0 Å². The van der Waals surface area contributed by atoms with Crippen LogP contribution in [0, 0.1) is 0 Å². The summed E-state index contributed by atoms with van der Waals surface area (Å²) in [5.74, 6) is 0.0264. The first-order valence-electron chi connectivity index (χ1n) is 6.47. The van der Waals surface area contributed by atoms with Gasteiger partial charge in [-0.3, -0.25) is 4.79 Å². The molecule has 2 aromatic rings. The van der Waals surface area contributed by atoms with Crippen LogP contribution in [0.25, 0.3) is 10.8 Å².